The Bertz CT molecular complexity index is 893. The van der Waals surface area contributed by atoms with Gasteiger partial charge in [-0.1, -0.05) is 31.5 Å². The van der Waals surface area contributed by atoms with Crippen LogP contribution in [0.15, 0.2) is 48.5 Å². The summed E-state index contributed by atoms with van der Waals surface area (Å²) in [6.07, 6.45) is 0. The number of rotatable bonds is 8. The maximum Gasteiger partial charge on any atom is 0.253 e. The molecule has 0 heterocycles. The summed E-state index contributed by atoms with van der Waals surface area (Å²) in [5.41, 5.74) is 1.43. The van der Waals surface area contributed by atoms with E-state index in [1.165, 1.54) is 0 Å². The first-order chi connectivity index (χ1) is 14.3. The molecule has 2 aromatic carbocycles. The van der Waals surface area contributed by atoms with E-state index in [0.29, 0.717) is 34.9 Å². The van der Waals surface area contributed by atoms with Crippen LogP contribution < -0.4 is 10.6 Å². The van der Waals surface area contributed by atoms with Crippen LogP contribution in [-0.2, 0) is 4.79 Å². The van der Waals surface area contributed by atoms with Gasteiger partial charge in [0, 0.05) is 34.9 Å². The largest absolute Gasteiger partial charge is 0.340 e. The highest BCUT2D eigenvalue weighted by molar-refractivity contribution is 6.30. The van der Waals surface area contributed by atoms with E-state index in [1.807, 2.05) is 27.7 Å². The number of hydrogen-bond acceptors (Lipinski definition) is 3. The van der Waals surface area contributed by atoms with Crippen molar-refractivity contribution < 1.29 is 14.4 Å². The molecule has 2 rings (SSSR count). The van der Waals surface area contributed by atoms with Crippen molar-refractivity contribution in [3.05, 3.63) is 64.7 Å². The van der Waals surface area contributed by atoms with Crippen molar-refractivity contribution in [1.29, 1.82) is 0 Å². The van der Waals surface area contributed by atoms with Crippen molar-refractivity contribution in [3.63, 3.8) is 0 Å². The number of hydrogen-bond donors (Lipinski definition) is 2. The van der Waals surface area contributed by atoms with Gasteiger partial charge in [-0.25, -0.2) is 0 Å². The third-order valence-corrected chi connectivity index (χ3v) is 5.02. The first-order valence-electron chi connectivity index (χ1n) is 10.0. The van der Waals surface area contributed by atoms with Crippen LogP contribution in [0.2, 0.25) is 5.02 Å². The highest BCUT2D eigenvalue weighted by Crippen LogP contribution is 2.15. The van der Waals surface area contributed by atoms with Gasteiger partial charge in [-0.3, -0.25) is 14.4 Å². The second-order valence-corrected chi connectivity index (χ2v) is 7.69. The van der Waals surface area contributed by atoms with Crippen LogP contribution in [0.5, 0.6) is 0 Å². The highest BCUT2D eigenvalue weighted by atomic mass is 35.5. The van der Waals surface area contributed by atoms with Gasteiger partial charge in [-0.05, 0) is 62.2 Å². The number of carbonyl (C=O) groups is 3. The van der Waals surface area contributed by atoms with Crippen molar-refractivity contribution in [1.82, 2.24) is 10.2 Å². The summed E-state index contributed by atoms with van der Waals surface area (Å²) in [5.74, 6) is -0.931. The Morgan fingerprint density at radius 2 is 1.60 bits per heavy atom. The highest BCUT2D eigenvalue weighted by Gasteiger charge is 2.25. The minimum absolute atomic E-state index is 0.0902. The van der Waals surface area contributed by atoms with Crippen molar-refractivity contribution in [3.8, 4) is 0 Å². The zero-order valence-electron chi connectivity index (χ0n) is 17.7. The molecule has 1 unspecified atom stereocenters. The van der Waals surface area contributed by atoms with E-state index >= 15 is 0 Å². The van der Waals surface area contributed by atoms with Crippen LogP contribution in [0.1, 0.15) is 48.4 Å². The lowest BCUT2D eigenvalue weighted by Crippen LogP contribution is -2.47. The Morgan fingerprint density at radius 1 is 0.967 bits per heavy atom. The van der Waals surface area contributed by atoms with Gasteiger partial charge >= 0.3 is 0 Å². The van der Waals surface area contributed by atoms with E-state index in [0.717, 1.165) is 0 Å². The van der Waals surface area contributed by atoms with Crippen molar-refractivity contribution in [2.24, 2.45) is 5.92 Å². The number of benzene rings is 2. The summed E-state index contributed by atoms with van der Waals surface area (Å²) >= 11 is 5.86. The van der Waals surface area contributed by atoms with Crippen molar-refractivity contribution >= 4 is 35.0 Å². The topological polar surface area (TPSA) is 78.5 Å². The number of carbonyl (C=O) groups excluding carboxylic acids is 3. The van der Waals surface area contributed by atoms with E-state index in [1.54, 1.807) is 53.4 Å². The Hall–Kier alpha value is -2.86. The molecule has 0 aliphatic carbocycles. The predicted molar refractivity (Wildman–Crippen MR) is 120 cm³/mol. The molecule has 3 amide bonds. The van der Waals surface area contributed by atoms with Crippen molar-refractivity contribution in [2.45, 2.75) is 33.7 Å². The molecule has 1 atom stereocenters. The standard InChI is InChI=1S/C23H28ClN3O3/c1-5-27(6-2)23(30)17-8-7-9-19(14-17)25-22(29)20(15(3)4)26-21(28)16-10-12-18(24)13-11-16/h7-15,20H,5-6H2,1-4H3,(H,25,29)(H,26,28). The Labute approximate surface area is 182 Å². The zero-order chi connectivity index (χ0) is 22.3. The molecule has 0 aromatic heterocycles. The Balaban J connectivity index is 2.13. The predicted octanol–water partition coefficient (Wildman–Crippen LogP) is 4.22. The SMILES string of the molecule is CCN(CC)C(=O)c1cccc(NC(=O)C(NC(=O)c2ccc(Cl)cc2)C(C)C)c1. The maximum absolute atomic E-state index is 12.9. The zero-order valence-corrected chi connectivity index (χ0v) is 18.5. The van der Waals surface area contributed by atoms with Gasteiger partial charge in [0.2, 0.25) is 5.91 Å². The normalized spacial score (nSPS) is 11.7. The van der Waals surface area contributed by atoms with Crippen LogP contribution in [0.25, 0.3) is 0 Å². The van der Waals surface area contributed by atoms with Gasteiger partial charge in [0.15, 0.2) is 0 Å². The van der Waals surface area contributed by atoms with Gasteiger partial charge in [-0.2, -0.15) is 0 Å². The summed E-state index contributed by atoms with van der Waals surface area (Å²) in [7, 11) is 0. The molecule has 160 valence electrons. The minimum Gasteiger partial charge on any atom is -0.340 e. The fourth-order valence-electron chi connectivity index (χ4n) is 3.00. The van der Waals surface area contributed by atoms with E-state index in [4.69, 9.17) is 11.6 Å². The average molecular weight is 430 g/mol. The van der Waals surface area contributed by atoms with Gasteiger partial charge in [0.1, 0.15) is 6.04 Å². The smallest absolute Gasteiger partial charge is 0.253 e. The molecule has 7 heteroatoms. The van der Waals surface area contributed by atoms with Crippen LogP contribution in [-0.4, -0.2) is 41.8 Å². The first kappa shape index (κ1) is 23.4. The fraction of sp³-hybridized carbons (Fsp3) is 0.348. The van der Waals surface area contributed by atoms with E-state index < -0.39 is 6.04 Å². The monoisotopic (exact) mass is 429 g/mol. The third-order valence-electron chi connectivity index (χ3n) is 4.77. The summed E-state index contributed by atoms with van der Waals surface area (Å²) in [4.78, 5) is 39.7. The minimum atomic E-state index is -0.740. The molecule has 2 aromatic rings. The van der Waals surface area contributed by atoms with Crippen LogP contribution >= 0.6 is 11.6 Å². The van der Waals surface area contributed by atoms with Crippen LogP contribution in [0.4, 0.5) is 5.69 Å². The molecular weight excluding hydrogens is 402 g/mol. The number of halogens is 1. The molecule has 0 radical (unpaired) electrons. The summed E-state index contributed by atoms with van der Waals surface area (Å²) in [6.45, 7) is 8.77. The van der Waals surface area contributed by atoms with Gasteiger partial charge in [0.05, 0.1) is 0 Å². The second-order valence-electron chi connectivity index (χ2n) is 7.25. The fourth-order valence-corrected chi connectivity index (χ4v) is 3.13. The lowest BCUT2D eigenvalue weighted by molar-refractivity contribution is -0.118. The third kappa shape index (κ3) is 6.07. The van der Waals surface area contributed by atoms with Crippen LogP contribution in [0.3, 0.4) is 0 Å². The Kier molecular flexibility index (Phi) is 8.42. The summed E-state index contributed by atoms with van der Waals surface area (Å²) in [5, 5.41) is 6.12. The maximum atomic E-state index is 12.9. The van der Waals surface area contributed by atoms with E-state index in [-0.39, 0.29) is 23.6 Å². The number of anilines is 1. The second kappa shape index (κ2) is 10.8. The molecule has 0 aliphatic heterocycles. The molecule has 0 bridgehead atoms. The molecule has 2 N–H and O–H groups in total. The molecule has 0 saturated heterocycles. The molecule has 0 saturated carbocycles. The molecule has 30 heavy (non-hydrogen) atoms. The van der Waals surface area contributed by atoms with Gasteiger partial charge < -0.3 is 15.5 Å². The molecular formula is C23H28ClN3O3. The van der Waals surface area contributed by atoms with Gasteiger partial charge in [-0.15, -0.1) is 0 Å². The molecule has 0 spiro atoms. The number of nitrogens with zero attached hydrogens (tertiary/aromatic N) is 1. The van der Waals surface area contributed by atoms with Gasteiger partial charge in [0.25, 0.3) is 11.8 Å². The lowest BCUT2D eigenvalue weighted by atomic mass is 10.0. The van der Waals surface area contributed by atoms with Crippen molar-refractivity contribution in [2.75, 3.05) is 18.4 Å². The molecule has 6 nitrogen and oxygen atoms in total. The summed E-state index contributed by atoms with van der Waals surface area (Å²) < 4.78 is 0. The van der Waals surface area contributed by atoms with E-state index in [2.05, 4.69) is 10.6 Å². The quantitative estimate of drug-likeness (QED) is 0.659. The Morgan fingerprint density at radius 3 is 2.17 bits per heavy atom. The lowest BCUT2D eigenvalue weighted by Gasteiger charge is -2.22. The molecule has 0 aliphatic rings. The number of amides is 3. The van der Waals surface area contributed by atoms with E-state index in [9.17, 15) is 14.4 Å². The average Bonchev–Trinajstić information content (AvgIpc) is 2.73. The van der Waals surface area contributed by atoms with Crippen LogP contribution in [0, 0.1) is 5.92 Å². The first-order valence-corrected chi connectivity index (χ1v) is 10.4. The number of nitrogens with one attached hydrogen (secondary N) is 2. The summed E-state index contributed by atoms with van der Waals surface area (Å²) in [6, 6.07) is 12.5. The molecule has 0 fully saturated rings.